The lowest BCUT2D eigenvalue weighted by Crippen LogP contribution is -2.37. The summed E-state index contributed by atoms with van der Waals surface area (Å²) >= 11 is 0. The van der Waals surface area contributed by atoms with Crippen molar-refractivity contribution in [2.75, 3.05) is 18.5 Å². The van der Waals surface area contributed by atoms with Crippen LogP contribution < -0.4 is 11.1 Å². The molecule has 0 radical (unpaired) electrons. The number of rotatable bonds is 2. The van der Waals surface area contributed by atoms with Crippen LogP contribution in [0.1, 0.15) is 11.1 Å². The van der Waals surface area contributed by atoms with Gasteiger partial charge in [0, 0.05) is 11.7 Å². The van der Waals surface area contributed by atoms with E-state index in [4.69, 9.17) is 21.0 Å². The maximum absolute atomic E-state index is 12.0. The Morgan fingerprint density at radius 3 is 2.63 bits per heavy atom. The highest BCUT2D eigenvalue weighted by atomic mass is 16.5. The number of anilines is 1. The van der Waals surface area contributed by atoms with Gasteiger partial charge in [-0.15, -0.1) is 0 Å². The highest BCUT2D eigenvalue weighted by Gasteiger charge is 2.31. The Labute approximate surface area is 110 Å². The summed E-state index contributed by atoms with van der Waals surface area (Å²) in [5.41, 5.74) is 6.73. The second kappa shape index (κ2) is 5.49. The van der Waals surface area contributed by atoms with E-state index in [0.717, 1.165) is 0 Å². The van der Waals surface area contributed by atoms with Gasteiger partial charge in [0.05, 0.1) is 30.3 Å². The lowest BCUT2D eigenvalue weighted by Gasteiger charge is -2.13. The van der Waals surface area contributed by atoms with Crippen LogP contribution in [0.5, 0.6) is 0 Å². The summed E-state index contributed by atoms with van der Waals surface area (Å²) in [6.45, 7) is 0.670. The van der Waals surface area contributed by atoms with E-state index in [1.807, 2.05) is 12.1 Å². The van der Waals surface area contributed by atoms with Gasteiger partial charge in [0.25, 0.3) is 0 Å². The van der Waals surface area contributed by atoms with Gasteiger partial charge < -0.3 is 15.8 Å². The number of nitrogens with one attached hydrogen (secondary N) is 1. The molecule has 6 nitrogen and oxygen atoms in total. The molecule has 1 aliphatic rings. The lowest BCUT2D eigenvalue weighted by molar-refractivity contribution is -0.120. The number of amides is 1. The Kier molecular flexibility index (Phi) is 3.76. The standard InChI is InChI=1S/C13H12N4O2/c14-4-8-1-2-10(3-9(8)5-15)17-13(18)11-6-19-7-12(11)16/h1-3,11-12H,6-7,16H2,(H,17,18). The molecule has 1 aliphatic heterocycles. The molecule has 19 heavy (non-hydrogen) atoms. The molecule has 6 heteroatoms. The van der Waals surface area contributed by atoms with Crippen molar-refractivity contribution in [3.8, 4) is 12.1 Å². The quantitative estimate of drug-likeness (QED) is 0.792. The number of carbonyl (C=O) groups is 1. The zero-order chi connectivity index (χ0) is 13.8. The molecule has 2 unspecified atom stereocenters. The first-order valence-corrected chi connectivity index (χ1v) is 5.74. The van der Waals surface area contributed by atoms with E-state index in [-0.39, 0.29) is 29.0 Å². The summed E-state index contributed by atoms with van der Waals surface area (Å²) in [6, 6.07) is 8.07. The smallest absolute Gasteiger partial charge is 0.231 e. The number of nitrogens with zero attached hydrogens (tertiary/aromatic N) is 2. The van der Waals surface area contributed by atoms with Crippen LogP contribution in [0, 0.1) is 28.6 Å². The second-order valence-corrected chi connectivity index (χ2v) is 4.28. The Hall–Kier alpha value is -2.41. The summed E-state index contributed by atoms with van der Waals surface area (Å²) in [4.78, 5) is 12.0. The van der Waals surface area contributed by atoms with E-state index in [9.17, 15) is 4.79 Å². The monoisotopic (exact) mass is 256 g/mol. The highest BCUT2D eigenvalue weighted by molar-refractivity contribution is 5.93. The minimum Gasteiger partial charge on any atom is -0.379 e. The molecule has 3 N–H and O–H groups in total. The number of nitriles is 2. The predicted octanol–water partition coefficient (Wildman–Crippen LogP) is 0.342. The average Bonchev–Trinajstić information content (AvgIpc) is 2.85. The number of carbonyl (C=O) groups excluding carboxylic acids is 1. The maximum atomic E-state index is 12.0. The van der Waals surface area contributed by atoms with Crippen molar-refractivity contribution in [3.05, 3.63) is 29.3 Å². The van der Waals surface area contributed by atoms with Gasteiger partial charge in [-0.05, 0) is 18.2 Å². The van der Waals surface area contributed by atoms with Gasteiger partial charge in [-0.2, -0.15) is 10.5 Å². The minimum atomic E-state index is -0.388. The number of benzene rings is 1. The molecule has 0 spiro atoms. The van der Waals surface area contributed by atoms with E-state index in [2.05, 4.69) is 5.32 Å². The van der Waals surface area contributed by atoms with Crippen molar-refractivity contribution in [1.29, 1.82) is 10.5 Å². The third-order valence-corrected chi connectivity index (χ3v) is 2.99. The Bertz CT molecular complexity index is 585. The second-order valence-electron chi connectivity index (χ2n) is 4.28. The number of hydrogen-bond acceptors (Lipinski definition) is 5. The molecule has 1 aromatic carbocycles. The molecule has 0 aliphatic carbocycles. The molecule has 0 bridgehead atoms. The summed E-state index contributed by atoms with van der Waals surface area (Å²) in [5.74, 6) is -0.625. The van der Waals surface area contributed by atoms with Crippen LogP contribution in [0.3, 0.4) is 0 Å². The zero-order valence-electron chi connectivity index (χ0n) is 10.1. The van der Waals surface area contributed by atoms with Crippen LogP contribution in [0.2, 0.25) is 0 Å². The van der Waals surface area contributed by atoms with Crippen LogP contribution in [0.4, 0.5) is 5.69 Å². The summed E-state index contributed by atoms with van der Waals surface area (Å²) in [5, 5.41) is 20.4. The van der Waals surface area contributed by atoms with Crippen molar-refractivity contribution in [3.63, 3.8) is 0 Å². The van der Waals surface area contributed by atoms with Crippen LogP contribution in [0.15, 0.2) is 18.2 Å². The Balaban J connectivity index is 2.14. The van der Waals surface area contributed by atoms with Gasteiger partial charge in [0.2, 0.25) is 5.91 Å². The molecule has 2 rings (SSSR count). The molecule has 1 aromatic rings. The van der Waals surface area contributed by atoms with E-state index in [1.54, 1.807) is 6.07 Å². The van der Waals surface area contributed by atoms with Crippen LogP contribution in [0.25, 0.3) is 0 Å². The van der Waals surface area contributed by atoms with Crippen molar-refractivity contribution >= 4 is 11.6 Å². The van der Waals surface area contributed by atoms with Crippen LogP contribution >= 0.6 is 0 Å². The molecule has 96 valence electrons. The topological polar surface area (TPSA) is 112 Å². The third-order valence-electron chi connectivity index (χ3n) is 2.99. The molecule has 0 saturated carbocycles. The number of nitrogens with two attached hydrogens (primary N) is 1. The molecular weight excluding hydrogens is 244 g/mol. The molecule has 1 amide bonds. The first kappa shape index (κ1) is 13.0. The third kappa shape index (κ3) is 2.71. The van der Waals surface area contributed by atoms with Gasteiger partial charge in [0.1, 0.15) is 12.1 Å². The van der Waals surface area contributed by atoms with E-state index < -0.39 is 0 Å². The number of ether oxygens (including phenoxy) is 1. The van der Waals surface area contributed by atoms with Gasteiger partial charge >= 0.3 is 0 Å². The summed E-state index contributed by atoms with van der Waals surface area (Å²) < 4.78 is 5.13. The Morgan fingerprint density at radius 1 is 1.32 bits per heavy atom. The molecular formula is C13H12N4O2. The van der Waals surface area contributed by atoms with E-state index >= 15 is 0 Å². The maximum Gasteiger partial charge on any atom is 0.231 e. The van der Waals surface area contributed by atoms with Crippen molar-refractivity contribution < 1.29 is 9.53 Å². The molecule has 1 saturated heterocycles. The minimum absolute atomic E-state index is 0.229. The largest absolute Gasteiger partial charge is 0.379 e. The van der Waals surface area contributed by atoms with Gasteiger partial charge in [0.15, 0.2) is 0 Å². The van der Waals surface area contributed by atoms with Crippen molar-refractivity contribution in [1.82, 2.24) is 0 Å². The van der Waals surface area contributed by atoms with Crippen molar-refractivity contribution in [2.24, 2.45) is 11.7 Å². The fourth-order valence-corrected chi connectivity index (χ4v) is 1.89. The Morgan fingerprint density at radius 2 is 2.05 bits per heavy atom. The van der Waals surface area contributed by atoms with Crippen LogP contribution in [-0.2, 0) is 9.53 Å². The predicted molar refractivity (Wildman–Crippen MR) is 66.8 cm³/mol. The van der Waals surface area contributed by atoms with Gasteiger partial charge in [-0.25, -0.2) is 0 Å². The van der Waals surface area contributed by atoms with Gasteiger partial charge in [-0.3, -0.25) is 4.79 Å². The first-order valence-electron chi connectivity index (χ1n) is 5.74. The SMILES string of the molecule is N#Cc1ccc(NC(=O)C2COCC2N)cc1C#N. The fourth-order valence-electron chi connectivity index (χ4n) is 1.89. The van der Waals surface area contributed by atoms with Crippen molar-refractivity contribution in [2.45, 2.75) is 6.04 Å². The first-order chi connectivity index (χ1) is 9.15. The summed E-state index contributed by atoms with van der Waals surface area (Å²) in [7, 11) is 0. The molecule has 1 fully saturated rings. The van der Waals surface area contributed by atoms with E-state index in [1.165, 1.54) is 12.1 Å². The molecule has 2 atom stereocenters. The van der Waals surface area contributed by atoms with Crippen LogP contribution in [-0.4, -0.2) is 25.2 Å². The highest BCUT2D eigenvalue weighted by Crippen LogP contribution is 2.18. The zero-order valence-corrected chi connectivity index (χ0v) is 10.1. The molecule has 0 aromatic heterocycles. The lowest BCUT2D eigenvalue weighted by atomic mass is 10.0. The van der Waals surface area contributed by atoms with E-state index in [0.29, 0.717) is 18.9 Å². The number of hydrogen-bond donors (Lipinski definition) is 2. The summed E-state index contributed by atoms with van der Waals surface area (Å²) in [6.07, 6.45) is 0. The molecule has 1 heterocycles. The average molecular weight is 256 g/mol. The van der Waals surface area contributed by atoms with Gasteiger partial charge in [-0.1, -0.05) is 0 Å². The normalized spacial score (nSPS) is 21.4. The fraction of sp³-hybridized carbons (Fsp3) is 0.308.